The molecule has 0 saturated heterocycles. The lowest BCUT2D eigenvalue weighted by atomic mass is 10.1. The van der Waals surface area contributed by atoms with Crippen molar-refractivity contribution < 1.29 is 27.2 Å². The van der Waals surface area contributed by atoms with Gasteiger partial charge in [-0.3, -0.25) is 9.13 Å². The van der Waals surface area contributed by atoms with Gasteiger partial charge in [0.1, 0.15) is 0 Å². The average Bonchev–Trinajstić information content (AvgIpc) is 2.80. The largest absolute Gasteiger partial charge is 0.353 e. The van der Waals surface area contributed by atoms with Crippen molar-refractivity contribution in [1.82, 2.24) is 0 Å². The van der Waals surface area contributed by atoms with Crippen molar-refractivity contribution in [3.8, 4) is 0 Å². The van der Waals surface area contributed by atoms with Crippen molar-refractivity contribution in [1.29, 1.82) is 0 Å². The fourth-order valence-corrected chi connectivity index (χ4v) is 5.13. The van der Waals surface area contributed by atoms with Gasteiger partial charge in [-0.25, -0.2) is 0 Å². The molecule has 0 N–H and O–H groups in total. The SMILES string of the molecule is C=CP(=O)(OCCCCC)OCCCCCCCCCCOP(=O)(C=C)OCCCCC. The van der Waals surface area contributed by atoms with Crippen LogP contribution in [0.1, 0.15) is 104 Å². The van der Waals surface area contributed by atoms with E-state index in [0.717, 1.165) is 77.0 Å². The van der Waals surface area contributed by atoms with Crippen LogP contribution >= 0.6 is 15.2 Å². The minimum absolute atomic E-state index is 0.443. The van der Waals surface area contributed by atoms with Gasteiger partial charge >= 0.3 is 15.2 Å². The predicted molar refractivity (Wildman–Crippen MR) is 135 cm³/mol. The Morgan fingerprint density at radius 3 is 1.00 bits per heavy atom. The number of hydrogen-bond acceptors (Lipinski definition) is 6. The van der Waals surface area contributed by atoms with Gasteiger partial charge < -0.3 is 18.1 Å². The van der Waals surface area contributed by atoms with Crippen LogP contribution in [0.4, 0.5) is 0 Å². The highest BCUT2D eigenvalue weighted by Gasteiger charge is 2.20. The fourth-order valence-electron chi connectivity index (χ4n) is 3.02. The molecule has 0 aromatic heterocycles. The Balaban J connectivity index is 3.62. The second-order valence-electron chi connectivity index (χ2n) is 8.02. The molecule has 190 valence electrons. The van der Waals surface area contributed by atoms with Crippen LogP contribution in [0, 0.1) is 0 Å². The van der Waals surface area contributed by atoms with Gasteiger partial charge in [0.15, 0.2) is 0 Å². The Bertz CT molecular complexity index is 505. The molecule has 0 aliphatic heterocycles. The van der Waals surface area contributed by atoms with Gasteiger partial charge in [0.05, 0.1) is 26.4 Å². The van der Waals surface area contributed by atoms with E-state index in [2.05, 4.69) is 27.0 Å². The smallest absolute Gasteiger partial charge is 0.306 e. The van der Waals surface area contributed by atoms with Gasteiger partial charge in [-0.15, -0.1) is 0 Å². The van der Waals surface area contributed by atoms with E-state index in [4.69, 9.17) is 18.1 Å². The lowest BCUT2D eigenvalue weighted by Gasteiger charge is -2.15. The fraction of sp³-hybridized carbons (Fsp3) is 0.833. The molecule has 2 atom stereocenters. The van der Waals surface area contributed by atoms with E-state index in [1.54, 1.807) is 0 Å². The number of hydrogen-bond donors (Lipinski definition) is 0. The van der Waals surface area contributed by atoms with E-state index >= 15 is 0 Å². The first kappa shape index (κ1) is 31.8. The van der Waals surface area contributed by atoms with E-state index in [0.29, 0.717) is 26.4 Å². The summed E-state index contributed by atoms with van der Waals surface area (Å²) in [6.07, 6.45) is 14.6. The summed E-state index contributed by atoms with van der Waals surface area (Å²) in [5.74, 6) is 2.63. The summed E-state index contributed by atoms with van der Waals surface area (Å²) < 4.78 is 46.5. The van der Waals surface area contributed by atoms with E-state index in [9.17, 15) is 9.13 Å². The zero-order chi connectivity index (χ0) is 24.0. The topological polar surface area (TPSA) is 71.1 Å². The number of rotatable bonds is 25. The molecule has 0 fully saturated rings. The Kier molecular flexibility index (Phi) is 21.2. The summed E-state index contributed by atoms with van der Waals surface area (Å²) >= 11 is 0. The first-order valence-electron chi connectivity index (χ1n) is 12.5. The third-order valence-corrected chi connectivity index (χ3v) is 8.13. The number of unbranched alkanes of at least 4 members (excludes halogenated alkanes) is 11. The molecule has 6 nitrogen and oxygen atoms in total. The zero-order valence-corrected chi connectivity index (χ0v) is 22.4. The molecule has 0 bridgehead atoms. The van der Waals surface area contributed by atoms with Gasteiger partial charge in [-0.1, -0.05) is 91.2 Å². The first-order chi connectivity index (χ1) is 15.4. The standard InChI is InChI=1S/C24H48O6P2/c1-5-9-17-21-27-31(25,7-3)29-23-19-15-13-11-12-14-16-20-24-30-32(26,8-4)28-22-18-10-6-2/h7-8H,3-6,9-24H2,1-2H3. The average molecular weight is 495 g/mol. The minimum Gasteiger partial charge on any atom is -0.306 e. The van der Waals surface area contributed by atoms with Crippen LogP contribution in [0.3, 0.4) is 0 Å². The molecule has 8 heteroatoms. The summed E-state index contributed by atoms with van der Waals surface area (Å²) in [7, 11) is -6.25. The highest BCUT2D eigenvalue weighted by molar-refractivity contribution is 7.57. The van der Waals surface area contributed by atoms with Crippen molar-refractivity contribution in [3.63, 3.8) is 0 Å². The molecule has 0 aromatic carbocycles. The molecule has 0 aliphatic rings. The Hall–Kier alpha value is -0.220. The van der Waals surface area contributed by atoms with Crippen molar-refractivity contribution in [2.75, 3.05) is 26.4 Å². The lowest BCUT2D eigenvalue weighted by Crippen LogP contribution is -1.98. The molecule has 0 aromatic rings. The molecule has 0 rings (SSSR count). The van der Waals surface area contributed by atoms with Gasteiger partial charge in [-0.05, 0) is 25.7 Å². The molecular weight excluding hydrogens is 446 g/mol. The molecule has 32 heavy (non-hydrogen) atoms. The maximum Gasteiger partial charge on any atom is 0.353 e. The highest BCUT2D eigenvalue weighted by atomic mass is 31.2. The summed E-state index contributed by atoms with van der Waals surface area (Å²) in [6, 6.07) is 0. The summed E-state index contributed by atoms with van der Waals surface area (Å²) in [5.41, 5.74) is 0. The Morgan fingerprint density at radius 2 is 0.750 bits per heavy atom. The van der Waals surface area contributed by atoms with Crippen molar-refractivity contribution in [2.24, 2.45) is 0 Å². The van der Waals surface area contributed by atoms with Crippen molar-refractivity contribution in [2.45, 2.75) is 104 Å². The van der Waals surface area contributed by atoms with Crippen LogP contribution < -0.4 is 0 Å². The second-order valence-corrected chi connectivity index (χ2v) is 11.9. The van der Waals surface area contributed by atoms with Crippen LogP contribution in [0.2, 0.25) is 0 Å². The maximum atomic E-state index is 12.4. The normalized spacial score (nSPS) is 15.2. The molecule has 0 aliphatic carbocycles. The molecule has 0 radical (unpaired) electrons. The van der Waals surface area contributed by atoms with E-state index < -0.39 is 15.2 Å². The van der Waals surface area contributed by atoms with E-state index in [1.165, 1.54) is 24.5 Å². The lowest BCUT2D eigenvalue weighted by molar-refractivity contribution is 0.204. The molecule has 0 spiro atoms. The summed E-state index contributed by atoms with van der Waals surface area (Å²) in [4.78, 5) is 0. The van der Waals surface area contributed by atoms with Crippen LogP contribution in [-0.2, 0) is 27.2 Å². The maximum absolute atomic E-state index is 12.4. The highest BCUT2D eigenvalue weighted by Crippen LogP contribution is 2.50. The van der Waals surface area contributed by atoms with Gasteiger partial charge in [0.2, 0.25) is 0 Å². The zero-order valence-electron chi connectivity index (χ0n) is 20.6. The van der Waals surface area contributed by atoms with Gasteiger partial charge in [-0.2, -0.15) is 0 Å². The first-order valence-corrected chi connectivity index (χ1v) is 15.7. The van der Waals surface area contributed by atoms with E-state index in [1.807, 2.05) is 0 Å². The van der Waals surface area contributed by atoms with Crippen LogP contribution in [0.5, 0.6) is 0 Å². The molecule has 0 saturated carbocycles. The van der Waals surface area contributed by atoms with Crippen molar-refractivity contribution in [3.05, 3.63) is 24.8 Å². The molecular formula is C24H48O6P2. The third-order valence-electron chi connectivity index (χ3n) is 5.07. The third kappa shape index (κ3) is 18.2. The second kappa shape index (κ2) is 21.3. The van der Waals surface area contributed by atoms with Gasteiger partial charge in [0, 0.05) is 11.6 Å². The monoisotopic (exact) mass is 494 g/mol. The quantitative estimate of drug-likeness (QED) is 0.0930. The Labute approximate surface area is 197 Å². The van der Waals surface area contributed by atoms with Crippen molar-refractivity contribution >= 4 is 15.2 Å². The summed E-state index contributed by atoms with van der Waals surface area (Å²) in [6.45, 7) is 13.2. The van der Waals surface area contributed by atoms with Crippen LogP contribution in [0.25, 0.3) is 0 Å². The van der Waals surface area contributed by atoms with Crippen LogP contribution in [-0.4, -0.2) is 26.4 Å². The van der Waals surface area contributed by atoms with Crippen LogP contribution in [0.15, 0.2) is 24.8 Å². The molecule has 0 heterocycles. The Morgan fingerprint density at radius 1 is 0.500 bits per heavy atom. The molecule has 0 amide bonds. The predicted octanol–water partition coefficient (Wildman–Crippen LogP) is 9.23. The van der Waals surface area contributed by atoms with Gasteiger partial charge in [0.25, 0.3) is 0 Å². The minimum atomic E-state index is -3.12. The molecule has 2 unspecified atom stereocenters. The van der Waals surface area contributed by atoms with E-state index in [-0.39, 0.29) is 0 Å². The summed E-state index contributed by atoms with van der Waals surface area (Å²) in [5, 5.41) is 0.